The Bertz CT molecular complexity index is 833. The lowest BCUT2D eigenvalue weighted by Gasteiger charge is -2.25. The number of carbonyl (C=O) groups is 2. The number of rotatable bonds is 2. The lowest BCUT2D eigenvalue weighted by molar-refractivity contribution is -0.131. The van der Waals surface area contributed by atoms with E-state index < -0.39 is 0 Å². The summed E-state index contributed by atoms with van der Waals surface area (Å²) in [5, 5.41) is 4.09. The Hall–Kier alpha value is -2.67. The quantitative estimate of drug-likeness (QED) is 0.820. The van der Waals surface area contributed by atoms with E-state index in [2.05, 4.69) is 5.16 Å². The molecule has 136 valence electrons. The molecule has 0 radical (unpaired) electrons. The minimum absolute atomic E-state index is 0.0536. The Kier molecular flexibility index (Phi) is 4.24. The minimum Gasteiger partial charge on any atom is -0.374 e. The van der Waals surface area contributed by atoms with Gasteiger partial charge in [0.05, 0.1) is 25.2 Å². The molecule has 1 aromatic carbocycles. The van der Waals surface area contributed by atoms with Crippen LogP contribution in [0.1, 0.15) is 22.5 Å². The number of hydrogen-bond donors (Lipinski definition) is 0. The van der Waals surface area contributed by atoms with Gasteiger partial charge < -0.3 is 19.1 Å². The van der Waals surface area contributed by atoms with Crippen LogP contribution in [0.5, 0.6) is 0 Å². The molecule has 1 aromatic heterocycles. The molecule has 7 nitrogen and oxygen atoms in total. The van der Waals surface area contributed by atoms with Crippen LogP contribution in [0.2, 0.25) is 0 Å². The number of likely N-dealkylation sites (tertiary alicyclic amines) is 1. The average molecular weight is 355 g/mol. The Balaban J connectivity index is 1.62. The van der Waals surface area contributed by atoms with Gasteiger partial charge in [-0.25, -0.2) is 0 Å². The van der Waals surface area contributed by atoms with Crippen molar-refractivity contribution in [2.45, 2.75) is 25.5 Å². The van der Waals surface area contributed by atoms with E-state index in [0.717, 1.165) is 5.56 Å². The van der Waals surface area contributed by atoms with Crippen molar-refractivity contribution in [3.63, 3.8) is 0 Å². The third kappa shape index (κ3) is 2.78. The first-order valence-corrected chi connectivity index (χ1v) is 8.74. The highest BCUT2D eigenvalue weighted by molar-refractivity contribution is 6.01. The summed E-state index contributed by atoms with van der Waals surface area (Å²) >= 11 is 0. The second kappa shape index (κ2) is 6.57. The van der Waals surface area contributed by atoms with Crippen LogP contribution in [0, 0.1) is 6.92 Å². The molecule has 0 N–H and O–H groups in total. The molecule has 26 heavy (non-hydrogen) atoms. The number of amides is 2. The van der Waals surface area contributed by atoms with E-state index in [0.29, 0.717) is 43.1 Å². The standard InChI is InChI=1S/C19H21N3O4/c1-12-17(18(20-26-12)13-6-4-3-5-7-13)19(24)22-10-14-15(11-22)25-9-8-16(23)21(14)2/h3-7,14-15H,8-11H2,1-2H3/t14-,15-/m0/s1. The van der Waals surface area contributed by atoms with Crippen molar-refractivity contribution in [1.82, 2.24) is 15.0 Å². The van der Waals surface area contributed by atoms with Gasteiger partial charge in [0, 0.05) is 25.7 Å². The lowest BCUT2D eigenvalue weighted by Crippen LogP contribution is -2.43. The molecule has 3 heterocycles. The van der Waals surface area contributed by atoms with Gasteiger partial charge in [-0.15, -0.1) is 0 Å². The third-order valence-corrected chi connectivity index (χ3v) is 5.19. The van der Waals surface area contributed by atoms with Crippen molar-refractivity contribution >= 4 is 11.8 Å². The molecular formula is C19H21N3O4. The predicted octanol–water partition coefficient (Wildman–Crippen LogP) is 1.72. The molecule has 2 fully saturated rings. The second-order valence-electron chi connectivity index (χ2n) is 6.77. The summed E-state index contributed by atoms with van der Waals surface area (Å²) < 4.78 is 11.1. The van der Waals surface area contributed by atoms with Crippen LogP contribution in [-0.4, -0.2) is 65.7 Å². The van der Waals surface area contributed by atoms with E-state index in [1.165, 1.54) is 0 Å². The van der Waals surface area contributed by atoms with E-state index in [-0.39, 0.29) is 24.0 Å². The van der Waals surface area contributed by atoms with Gasteiger partial charge in [-0.05, 0) is 6.92 Å². The summed E-state index contributed by atoms with van der Waals surface area (Å²) in [5.74, 6) is 0.407. The molecule has 0 aliphatic carbocycles. The minimum atomic E-state index is -0.157. The number of aromatic nitrogens is 1. The number of nitrogens with zero attached hydrogens (tertiary/aromatic N) is 3. The van der Waals surface area contributed by atoms with Crippen LogP contribution in [0.4, 0.5) is 0 Å². The maximum absolute atomic E-state index is 13.2. The fraction of sp³-hybridized carbons (Fsp3) is 0.421. The third-order valence-electron chi connectivity index (χ3n) is 5.19. The van der Waals surface area contributed by atoms with Crippen LogP contribution in [0.15, 0.2) is 34.9 Å². The van der Waals surface area contributed by atoms with Crippen molar-refractivity contribution in [2.24, 2.45) is 0 Å². The smallest absolute Gasteiger partial charge is 0.259 e. The fourth-order valence-corrected chi connectivity index (χ4v) is 3.69. The van der Waals surface area contributed by atoms with E-state index in [9.17, 15) is 9.59 Å². The number of aryl methyl sites for hydroxylation is 1. The number of carbonyl (C=O) groups excluding carboxylic acids is 2. The summed E-state index contributed by atoms with van der Waals surface area (Å²) in [6.45, 7) is 3.05. The first-order valence-electron chi connectivity index (χ1n) is 8.74. The van der Waals surface area contributed by atoms with Crippen molar-refractivity contribution in [3.8, 4) is 11.3 Å². The Morgan fingerprint density at radius 1 is 1.23 bits per heavy atom. The van der Waals surface area contributed by atoms with Gasteiger partial charge >= 0.3 is 0 Å². The van der Waals surface area contributed by atoms with Crippen molar-refractivity contribution in [1.29, 1.82) is 0 Å². The highest BCUT2D eigenvalue weighted by Gasteiger charge is 2.42. The molecule has 2 saturated heterocycles. The van der Waals surface area contributed by atoms with Gasteiger partial charge in [0.2, 0.25) is 5.91 Å². The molecule has 4 rings (SSSR count). The van der Waals surface area contributed by atoms with Gasteiger partial charge in [-0.3, -0.25) is 9.59 Å². The zero-order valence-electron chi connectivity index (χ0n) is 14.8. The number of hydrogen-bond acceptors (Lipinski definition) is 5. The highest BCUT2D eigenvalue weighted by Crippen LogP contribution is 2.29. The van der Waals surface area contributed by atoms with E-state index >= 15 is 0 Å². The predicted molar refractivity (Wildman–Crippen MR) is 93.5 cm³/mol. The van der Waals surface area contributed by atoms with Crippen molar-refractivity contribution in [2.75, 3.05) is 26.7 Å². The molecule has 2 amide bonds. The number of ether oxygens (including phenoxy) is 1. The van der Waals surface area contributed by atoms with Gasteiger partial charge in [-0.1, -0.05) is 35.5 Å². The van der Waals surface area contributed by atoms with E-state index in [4.69, 9.17) is 9.26 Å². The second-order valence-corrected chi connectivity index (χ2v) is 6.77. The molecule has 7 heteroatoms. The summed E-state index contributed by atoms with van der Waals surface area (Å²) in [6, 6.07) is 9.39. The maximum Gasteiger partial charge on any atom is 0.259 e. The molecule has 0 unspecified atom stereocenters. The summed E-state index contributed by atoms with van der Waals surface area (Å²) in [6.07, 6.45) is 0.233. The van der Waals surface area contributed by atoms with Gasteiger partial charge in [-0.2, -0.15) is 0 Å². The zero-order valence-corrected chi connectivity index (χ0v) is 14.8. The molecule has 2 aliphatic heterocycles. The average Bonchev–Trinajstić information content (AvgIpc) is 3.22. The van der Waals surface area contributed by atoms with E-state index in [1.54, 1.807) is 23.8 Å². The number of fused-ring (bicyclic) bond motifs is 1. The fourth-order valence-electron chi connectivity index (χ4n) is 3.69. The molecule has 0 bridgehead atoms. The lowest BCUT2D eigenvalue weighted by atomic mass is 10.1. The molecule has 0 saturated carbocycles. The summed E-state index contributed by atoms with van der Waals surface area (Å²) in [5.41, 5.74) is 1.86. The van der Waals surface area contributed by atoms with E-state index in [1.807, 2.05) is 30.3 Å². The van der Waals surface area contributed by atoms with Crippen LogP contribution in [0.3, 0.4) is 0 Å². The first-order chi connectivity index (χ1) is 12.6. The monoisotopic (exact) mass is 355 g/mol. The Morgan fingerprint density at radius 2 is 2.00 bits per heavy atom. The van der Waals surface area contributed by atoms with Crippen LogP contribution in [0.25, 0.3) is 11.3 Å². The zero-order chi connectivity index (χ0) is 18.3. The Morgan fingerprint density at radius 3 is 2.77 bits per heavy atom. The molecule has 2 aromatic rings. The largest absolute Gasteiger partial charge is 0.374 e. The number of likely N-dealkylation sites (N-methyl/N-ethyl adjacent to an activating group) is 1. The van der Waals surface area contributed by atoms with Crippen LogP contribution >= 0.6 is 0 Å². The number of benzene rings is 1. The van der Waals surface area contributed by atoms with Crippen LogP contribution in [-0.2, 0) is 9.53 Å². The van der Waals surface area contributed by atoms with Gasteiger partial charge in [0.15, 0.2) is 0 Å². The normalized spacial score (nSPS) is 23.1. The summed E-state index contributed by atoms with van der Waals surface area (Å²) in [4.78, 5) is 28.7. The summed E-state index contributed by atoms with van der Waals surface area (Å²) in [7, 11) is 1.78. The maximum atomic E-state index is 13.2. The molecule has 2 aliphatic rings. The SMILES string of the molecule is Cc1onc(-c2ccccc2)c1C(=O)N1C[C@@H]2OCCC(=O)N(C)[C@H]2C1. The molecule has 2 atom stereocenters. The highest BCUT2D eigenvalue weighted by atomic mass is 16.5. The first kappa shape index (κ1) is 16.8. The molecule has 0 spiro atoms. The van der Waals surface area contributed by atoms with Crippen LogP contribution < -0.4 is 0 Å². The molecular weight excluding hydrogens is 334 g/mol. The van der Waals surface area contributed by atoms with Gasteiger partial charge in [0.25, 0.3) is 5.91 Å². The van der Waals surface area contributed by atoms with Crippen molar-refractivity contribution in [3.05, 3.63) is 41.7 Å². The topological polar surface area (TPSA) is 75.9 Å². The van der Waals surface area contributed by atoms with Gasteiger partial charge in [0.1, 0.15) is 17.0 Å². The van der Waals surface area contributed by atoms with Crippen molar-refractivity contribution < 1.29 is 18.8 Å². The Labute approximate surface area is 151 Å².